The fourth-order valence-electron chi connectivity index (χ4n) is 4.80. The molecule has 152 valence electrons. The summed E-state index contributed by atoms with van der Waals surface area (Å²) in [5.74, 6) is -0.106. The second-order valence-electron chi connectivity index (χ2n) is 8.34. The number of nitrogens with zero attached hydrogens (tertiary/aromatic N) is 1. The van der Waals surface area contributed by atoms with Crippen LogP contribution in [0.2, 0.25) is 0 Å². The van der Waals surface area contributed by atoms with Crippen molar-refractivity contribution in [2.24, 2.45) is 5.41 Å². The van der Waals surface area contributed by atoms with Gasteiger partial charge < -0.3 is 20.4 Å². The van der Waals surface area contributed by atoms with Crippen LogP contribution in [0.25, 0.3) is 11.0 Å². The van der Waals surface area contributed by atoms with Gasteiger partial charge >= 0.3 is 5.69 Å². The minimum Gasteiger partial charge on any atom is -0.384 e. The maximum atomic E-state index is 12.8. The van der Waals surface area contributed by atoms with Crippen LogP contribution in [0, 0.1) is 5.41 Å². The molecule has 4 rings (SSSR count). The number of aromatic nitrogens is 2. The molecule has 2 heterocycles. The summed E-state index contributed by atoms with van der Waals surface area (Å²) in [6.07, 6.45) is 6.40. The zero-order valence-corrected chi connectivity index (χ0v) is 16.6. The van der Waals surface area contributed by atoms with E-state index in [4.69, 9.17) is 4.74 Å². The SMILES string of the molecule is COCC1(CNC(=O)c2ccc3c(c2)[nH]c(=O)n3C2CCCC2)CCNCC1. The van der Waals surface area contributed by atoms with Crippen LogP contribution in [-0.4, -0.2) is 48.8 Å². The molecule has 3 N–H and O–H groups in total. The number of rotatable bonds is 6. The number of piperidine rings is 1. The summed E-state index contributed by atoms with van der Waals surface area (Å²) in [5.41, 5.74) is 2.11. The predicted octanol–water partition coefficient (Wildman–Crippen LogP) is 2.19. The van der Waals surface area contributed by atoms with E-state index in [1.165, 1.54) is 12.8 Å². The van der Waals surface area contributed by atoms with Gasteiger partial charge in [-0.3, -0.25) is 9.36 Å². The van der Waals surface area contributed by atoms with Gasteiger partial charge in [-0.15, -0.1) is 0 Å². The molecule has 0 radical (unpaired) electrons. The average Bonchev–Trinajstić information content (AvgIpc) is 3.33. The fourth-order valence-corrected chi connectivity index (χ4v) is 4.80. The fraction of sp³-hybridized carbons (Fsp3) is 0.619. The number of hydrogen-bond donors (Lipinski definition) is 3. The number of fused-ring (bicyclic) bond motifs is 1. The number of H-pyrrole nitrogens is 1. The van der Waals surface area contributed by atoms with Gasteiger partial charge in [0.1, 0.15) is 0 Å². The molecule has 1 saturated carbocycles. The summed E-state index contributed by atoms with van der Waals surface area (Å²) in [4.78, 5) is 28.1. The predicted molar refractivity (Wildman–Crippen MR) is 109 cm³/mol. The van der Waals surface area contributed by atoms with Crippen molar-refractivity contribution in [2.45, 2.75) is 44.6 Å². The highest BCUT2D eigenvalue weighted by Gasteiger charge is 2.32. The second kappa shape index (κ2) is 8.09. The van der Waals surface area contributed by atoms with Gasteiger partial charge in [0.15, 0.2) is 0 Å². The van der Waals surface area contributed by atoms with Crippen LogP contribution in [0.4, 0.5) is 0 Å². The molecule has 1 aromatic heterocycles. The second-order valence-corrected chi connectivity index (χ2v) is 8.34. The molecule has 1 aliphatic carbocycles. The first-order valence-electron chi connectivity index (χ1n) is 10.3. The smallest absolute Gasteiger partial charge is 0.326 e. The molecule has 0 bridgehead atoms. The highest BCUT2D eigenvalue weighted by molar-refractivity contribution is 5.97. The van der Waals surface area contributed by atoms with Gasteiger partial charge in [0.25, 0.3) is 5.91 Å². The number of benzene rings is 1. The van der Waals surface area contributed by atoms with Crippen LogP contribution in [0.1, 0.15) is 54.9 Å². The van der Waals surface area contributed by atoms with Crippen molar-refractivity contribution in [2.75, 3.05) is 33.4 Å². The highest BCUT2D eigenvalue weighted by Crippen LogP contribution is 2.31. The third kappa shape index (κ3) is 3.73. The first-order chi connectivity index (χ1) is 13.6. The van der Waals surface area contributed by atoms with Crippen LogP contribution < -0.4 is 16.3 Å². The lowest BCUT2D eigenvalue weighted by Gasteiger charge is -2.37. The number of imidazole rings is 1. The molecule has 0 atom stereocenters. The Kier molecular flexibility index (Phi) is 5.55. The van der Waals surface area contributed by atoms with Crippen molar-refractivity contribution in [3.8, 4) is 0 Å². The number of ether oxygens (including phenoxy) is 1. The van der Waals surface area contributed by atoms with Gasteiger partial charge in [-0.1, -0.05) is 12.8 Å². The average molecular weight is 386 g/mol. The Morgan fingerprint density at radius 1 is 1.29 bits per heavy atom. The van der Waals surface area contributed by atoms with Crippen molar-refractivity contribution in [3.05, 3.63) is 34.2 Å². The Balaban J connectivity index is 1.50. The van der Waals surface area contributed by atoms with Gasteiger partial charge in [-0.2, -0.15) is 0 Å². The standard InChI is InChI=1S/C21H30N4O3/c1-28-14-21(8-10-22-11-9-21)13-23-19(26)15-6-7-18-17(12-15)24-20(27)25(18)16-4-2-3-5-16/h6-7,12,16,22H,2-5,8-11,13-14H2,1H3,(H,23,26)(H,24,27). The van der Waals surface area contributed by atoms with Gasteiger partial charge in [-0.25, -0.2) is 4.79 Å². The van der Waals surface area contributed by atoms with E-state index in [0.29, 0.717) is 18.7 Å². The van der Waals surface area contributed by atoms with Crippen LogP contribution in [0.15, 0.2) is 23.0 Å². The zero-order chi connectivity index (χ0) is 19.6. The first kappa shape index (κ1) is 19.2. The molecule has 2 fully saturated rings. The molecule has 28 heavy (non-hydrogen) atoms. The minimum absolute atomic E-state index is 0.0140. The molecule has 7 heteroatoms. The van der Waals surface area contributed by atoms with E-state index in [0.717, 1.165) is 49.8 Å². The molecule has 1 aliphatic heterocycles. The topological polar surface area (TPSA) is 88.2 Å². The van der Waals surface area contributed by atoms with E-state index in [9.17, 15) is 9.59 Å². The molecule has 2 aromatic rings. The third-order valence-electron chi connectivity index (χ3n) is 6.41. The maximum absolute atomic E-state index is 12.8. The highest BCUT2D eigenvalue weighted by atomic mass is 16.5. The normalized spacial score (nSPS) is 19.9. The van der Waals surface area contributed by atoms with Gasteiger partial charge in [-0.05, 0) is 57.0 Å². The number of carbonyl (C=O) groups excluding carboxylic acids is 1. The van der Waals surface area contributed by atoms with Crippen LogP contribution >= 0.6 is 0 Å². The van der Waals surface area contributed by atoms with Crippen molar-refractivity contribution >= 4 is 16.9 Å². The van der Waals surface area contributed by atoms with E-state index in [2.05, 4.69) is 15.6 Å². The van der Waals surface area contributed by atoms with Crippen LogP contribution in [-0.2, 0) is 4.74 Å². The molecule has 2 aliphatic rings. The summed E-state index contributed by atoms with van der Waals surface area (Å²) in [5, 5.41) is 6.45. The Morgan fingerprint density at radius 2 is 2.04 bits per heavy atom. The van der Waals surface area contributed by atoms with E-state index in [-0.39, 0.29) is 23.1 Å². The molecular formula is C21H30N4O3. The van der Waals surface area contributed by atoms with Crippen molar-refractivity contribution in [1.29, 1.82) is 0 Å². The monoisotopic (exact) mass is 386 g/mol. The Morgan fingerprint density at radius 3 is 2.75 bits per heavy atom. The van der Waals surface area contributed by atoms with Gasteiger partial charge in [0, 0.05) is 30.7 Å². The number of carbonyl (C=O) groups is 1. The molecule has 0 unspecified atom stereocenters. The molecule has 1 aromatic carbocycles. The molecular weight excluding hydrogens is 356 g/mol. The summed E-state index contributed by atoms with van der Waals surface area (Å²) in [7, 11) is 1.71. The van der Waals surface area contributed by atoms with E-state index in [1.54, 1.807) is 13.2 Å². The Hall–Kier alpha value is -2.12. The lowest BCUT2D eigenvalue weighted by atomic mass is 9.79. The summed E-state index contributed by atoms with van der Waals surface area (Å²) < 4.78 is 7.29. The van der Waals surface area contributed by atoms with Crippen molar-refractivity contribution in [1.82, 2.24) is 20.2 Å². The lowest BCUT2D eigenvalue weighted by molar-refractivity contribution is 0.0512. The Bertz CT molecular complexity index is 883. The number of nitrogens with one attached hydrogen (secondary N) is 3. The Labute approximate surface area is 164 Å². The van der Waals surface area contributed by atoms with Crippen LogP contribution in [0.5, 0.6) is 0 Å². The summed E-state index contributed by atoms with van der Waals surface area (Å²) >= 11 is 0. The van der Waals surface area contributed by atoms with E-state index < -0.39 is 0 Å². The quantitative estimate of drug-likeness (QED) is 0.710. The van der Waals surface area contributed by atoms with Crippen molar-refractivity contribution in [3.63, 3.8) is 0 Å². The van der Waals surface area contributed by atoms with E-state index >= 15 is 0 Å². The van der Waals surface area contributed by atoms with Gasteiger partial charge in [0.05, 0.1) is 17.6 Å². The number of aromatic amines is 1. The molecule has 1 amide bonds. The number of hydrogen-bond acceptors (Lipinski definition) is 4. The first-order valence-corrected chi connectivity index (χ1v) is 10.3. The zero-order valence-electron chi connectivity index (χ0n) is 16.6. The largest absolute Gasteiger partial charge is 0.384 e. The maximum Gasteiger partial charge on any atom is 0.326 e. The van der Waals surface area contributed by atoms with E-state index in [1.807, 2.05) is 16.7 Å². The summed E-state index contributed by atoms with van der Waals surface area (Å²) in [6, 6.07) is 5.79. The summed E-state index contributed by atoms with van der Waals surface area (Å²) in [6.45, 7) is 3.13. The lowest BCUT2D eigenvalue weighted by Crippen LogP contribution is -2.47. The van der Waals surface area contributed by atoms with Crippen molar-refractivity contribution < 1.29 is 9.53 Å². The molecule has 1 saturated heterocycles. The third-order valence-corrected chi connectivity index (χ3v) is 6.41. The van der Waals surface area contributed by atoms with Crippen LogP contribution in [0.3, 0.4) is 0 Å². The molecule has 0 spiro atoms. The van der Waals surface area contributed by atoms with Gasteiger partial charge in [0.2, 0.25) is 0 Å². The number of methoxy groups -OCH3 is 1. The minimum atomic E-state index is -0.106. The molecule has 7 nitrogen and oxygen atoms in total. The number of amides is 1.